The number of hydrazine groups is 1. The zero-order chi connectivity index (χ0) is 6.57. The largest absolute Gasteiger partial charge is 0.297 e. The molecular formula is C3H11N5. The molecule has 5 heteroatoms. The first kappa shape index (κ1) is 7.35. The molecule has 48 valence electrons. The van der Waals surface area contributed by atoms with Crippen molar-refractivity contribution in [3.05, 3.63) is 0 Å². The van der Waals surface area contributed by atoms with Crippen molar-refractivity contribution in [3.63, 3.8) is 0 Å². The van der Waals surface area contributed by atoms with Gasteiger partial charge in [0.1, 0.15) is 0 Å². The molecule has 0 fully saturated rings. The van der Waals surface area contributed by atoms with Crippen LogP contribution in [0.1, 0.15) is 0 Å². The highest BCUT2D eigenvalue weighted by Gasteiger charge is 1.98. The molecule has 1 unspecified atom stereocenters. The first-order chi connectivity index (χ1) is 3.68. The lowest BCUT2D eigenvalue weighted by atomic mass is 10.8. The highest BCUT2D eigenvalue weighted by Crippen LogP contribution is 1.69. The Morgan fingerprint density at radius 2 is 2.38 bits per heavy atom. The minimum Gasteiger partial charge on any atom is -0.297 e. The van der Waals surface area contributed by atoms with Crippen LogP contribution in [0.2, 0.25) is 0 Å². The summed E-state index contributed by atoms with van der Waals surface area (Å²) in [7, 11) is 1.63. The van der Waals surface area contributed by atoms with Crippen molar-refractivity contribution in [1.82, 2.24) is 10.4 Å². The van der Waals surface area contributed by atoms with Crippen molar-refractivity contribution in [2.24, 2.45) is 16.7 Å². The number of rotatable bonds is 3. The van der Waals surface area contributed by atoms with Crippen molar-refractivity contribution >= 4 is 6.72 Å². The number of nitrogens with zero attached hydrogens (tertiary/aromatic N) is 2. The summed E-state index contributed by atoms with van der Waals surface area (Å²) in [5, 5.41) is 4.60. The SMILES string of the molecule is C=NNC(N)N(C)N. The molecule has 0 bridgehead atoms. The molecule has 5 nitrogen and oxygen atoms in total. The number of hydrogen-bond donors (Lipinski definition) is 3. The van der Waals surface area contributed by atoms with Gasteiger partial charge in [-0.15, -0.1) is 0 Å². The van der Waals surface area contributed by atoms with Crippen LogP contribution in [0.15, 0.2) is 5.10 Å². The van der Waals surface area contributed by atoms with E-state index in [1.807, 2.05) is 0 Å². The Kier molecular flexibility index (Phi) is 3.09. The van der Waals surface area contributed by atoms with Gasteiger partial charge in [-0.05, 0) is 0 Å². The van der Waals surface area contributed by atoms with Crippen LogP contribution in [0.3, 0.4) is 0 Å². The zero-order valence-corrected chi connectivity index (χ0v) is 4.83. The molecule has 0 aliphatic rings. The second-order valence-corrected chi connectivity index (χ2v) is 1.40. The van der Waals surface area contributed by atoms with E-state index in [0.717, 1.165) is 0 Å². The summed E-state index contributed by atoms with van der Waals surface area (Å²) in [5.41, 5.74) is 7.72. The summed E-state index contributed by atoms with van der Waals surface area (Å²) >= 11 is 0. The summed E-state index contributed by atoms with van der Waals surface area (Å²) in [4.78, 5) is 0. The third-order valence-corrected chi connectivity index (χ3v) is 0.662. The molecule has 0 spiro atoms. The van der Waals surface area contributed by atoms with E-state index in [0.29, 0.717) is 0 Å². The molecular weight excluding hydrogens is 106 g/mol. The average Bonchev–Trinajstić information content (AvgIpc) is 1.67. The van der Waals surface area contributed by atoms with Crippen molar-refractivity contribution < 1.29 is 0 Å². The number of nitrogens with one attached hydrogen (secondary N) is 1. The van der Waals surface area contributed by atoms with Crippen molar-refractivity contribution in [2.45, 2.75) is 6.29 Å². The van der Waals surface area contributed by atoms with Crippen LogP contribution in [0.25, 0.3) is 0 Å². The van der Waals surface area contributed by atoms with Gasteiger partial charge in [0.05, 0.1) is 0 Å². The fraction of sp³-hybridized carbons (Fsp3) is 0.667. The standard InChI is InChI=1S/C3H11N5/c1-6-7-3(4)8(2)5/h3,7H,1,4-5H2,2H3. The minimum absolute atomic E-state index is 0.451. The molecule has 0 aromatic heterocycles. The fourth-order valence-corrected chi connectivity index (χ4v) is 0.185. The lowest BCUT2D eigenvalue weighted by molar-refractivity contribution is 0.217. The molecule has 0 aromatic rings. The Balaban J connectivity index is 3.30. The van der Waals surface area contributed by atoms with Gasteiger partial charge in [0, 0.05) is 13.8 Å². The van der Waals surface area contributed by atoms with Crippen LogP contribution < -0.4 is 17.0 Å². The van der Waals surface area contributed by atoms with Crippen molar-refractivity contribution in [2.75, 3.05) is 7.05 Å². The van der Waals surface area contributed by atoms with Crippen LogP contribution in [-0.2, 0) is 0 Å². The fourth-order valence-electron chi connectivity index (χ4n) is 0.185. The summed E-state index contributed by atoms with van der Waals surface area (Å²) in [6, 6.07) is 0. The average molecular weight is 117 g/mol. The van der Waals surface area contributed by atoms with E-state index < -0.39 is 6.29 Å². The molecule has 0 rings (SSSR count). The molecule has 1 atom stereocenters. The van der Waals surface area contributed by atoms with Gasteiger partial charge >= 0.3 is 0 Å². The summed E-state index contributed by atoms with van der Waals surface area (Å²) < 4.78 is 0. The van der Waals surface area contributed by atoms with Crippen molar-refractivity contribution in [3.8, 4) is 0 Å². The van der Waals surface area contributed by atoms with Crippen LogP contribution in [-0.4, -0.2) is 25.1 Å². The van der Waals surface area contributed by atoms with Gasteiger partial charge < -0.3 is 0 Å². The Morgan fingerprint density at radius 1 is 1.88 bits per heavy atom. The maximum Gasteiger partial charge on any atom is 0.159 e. The number of nitrogens with two attached hydrogens (primary N) is 2. The third kappa shape index (κ3) is 2.51. The predicted octanol–water partition coefficient (Wildman–Crippen LogP) is -1.76. The van der Waals surface area contributed by atoms with Crippen LogP contribution in [0.5, 0.6) is 0 Å². The normalized spacial score (nSPS) is 13.5. The monoisotopic (exact) mass is 117 g/mol. The van der Waals surface area contributed by atoms with Crippen molar-refractivity contribution in [1.29, 1.82) is 0 Å². The predicted molar refractivity (Wildman–Crippen MR) is 32.6 cm³/mol. The maximum absolute atomic E-state index is 5.28. The molecule has 0 saturated carbocycles. The highest BCUT2D eigenvalue weighted by molar-refractivity contribution is 5.22. The molecule has 0 aliphatic heterocycles. The Morgan fingerprint density at radius 3 is 2.50 bits per heavy atom. The molecule has 5 N–H and O–H groups in total. The molecule has 0 aliphatic carbocycles. The van der Waals surface area contributed by atoms with E-state index in [-0.39, 0.29) is 0 Å². The van der Waals surface area contributed by atoms with Gasteiger partial charge in [0.25, 0.3) is 0 Å². The number of hydrazone groups is 1. The maximum atomic E-state index is 5.28. The first-order valence-corrected chi connectivity index (χ1v) is 2.13. The zero-order valence-electron chi connectivity index (χ0n) is 4.83. The van der Waals surface area contributed by atoms with Crippen LogP contribution in [0.4, 0.5) is 0 Å². The topological polar surface area (TPSA) is 79.7 Å². The lowest BCUT2D eigenvalue weighted by Gasteiger charge is -2.17. The summed E-state index contributed by atoms with van der Waals surface area (Å²) in [5.74, 6) is 5.18. The number of hydrogen-bond acceptors (Lipinski definition) is 5. The summed E-state index contributed by atoms with van der Waals surface area (Å²) in [6.07, 6.45) is -0.451. The van der Waals surface area contributed by atoms with Gasteiger partial charge in [0.2, 0.25) is 0 Å². The molecule has 8 heavy (non-hydrogen) atoms. The summed E-state index contributed by atoms with van der Waals surface area (Å²) in [6.45, 7) is 3.16. The highest BCUT2D eigenvalue weighted by atomic mass is 15.5. The minimum atomic E-state index is -0.451. The van der Waals surface area contributed by atoms with Gasteiger partial charge in [-0.3, -0.25) is 17.0 Å². The van der Waals surface area contributed by atoms with Gasteiger partial charge in [0.15, 0.2) is 6.29 Å². The lowest BCUT2D eigenvalue weighted by Crippen LogP contribution is -2.51. The third-order valence-electron chi connectivity index (χ3n) is 0.662. The Hall–Kier alpha value is -0.650. The van der Waals surface area contributed by atoms with Gasteiger partial charge in [-0.2, -0.15) is 5.10 Å². The van der Waals surface area contributed by atoms with E-state index in [4.69, 9.17) is 11.6 Å². The second-order valence-electron chi connectivity index (χ2n) is 1.40. The van der Waals surface area contributed by atoms with E-state index in [1.54, 1.807) is 7.05 Å². The van der Waals surface area contributed by atoms with Crippen LogP contribution >= 0.6 is 0 Å². The first-order valence-electron chi connectivity index (χ1n) is 2.13. The molecule has 0 amide bonds. The van der Waals surface area contributed by atoms with E-state index in [9.17, 15) is 0 Å². The van der Waals surface area contributed by atoms with E-state index in [1.165, 1.54) is 5.01 Å². The Bertz CT molecular complexity index is 70.1. The molecule has 0 saturated heterocycles. The van der Waals surface area contributed by atoms with Crippen LogP contribution in [0, 0.1) is 0 Å². The quantitative estimate of drug-likeness (QED) is 0.177. The molecule has 0 heterocycles. The second kappa shape index (κ2) is 3.36. The van der Waals surface area contributed by atoms with Gasteiger partial charge in [-0.25, -0.2) is 5.01 Å². The van der Waals surface area contributed by atoms with Gasteiger partial charge in [-0.1, -0.05) is 0 Å². The molecule has 0 radical (unpaired) electrons. The van der Waals surface area contributed by atoms with E-state index in [2.05, 4.69) is 17.2 Å². The smallest absolute Gasteiger partial charge is 0.159 e. The van der Waals surface area contributed by atoms with E-state index >= 15 is 0 Å². The molecule has 0 aromatic carbocycles. The Labute approximate surface area is 48.3 Å².